The van der Waals surface area contributed by atoms with Crippen LogP contribution in [0.2, 0.25) is 0 Å². The van der Waals surface area contributed by atoms with Gasteiger partial charge in [0.1, 0.15) is 11.6 Å². The molecule has 335 valence electrons. The first kappa shape index (κ1) is 50.0. The third-order valence-electron chi connectivity index (χ3n) is 10.3. The molecule has 0 saturated carbocycles. The second-order valence-electron chi connectivity index (χ2n) is 15.7. The number of carbonyl (C=O) groups is 2. The van der Waals surface area contributed by atoms with Crippen LogP contribution in [0.15, 0.2) is 85.2 Å². The van der Waals surface area contributed by atoms with Crippen molar-refractivity contribution in [2.75, 3.05) is 115 Å². The number of ether oxygens (including phenoxy) is 2. The number of H-pyrrole nitrogens is 2. The minimum Gasteiger partial charge on any atom is -0.481 e. The highest BCUT2D eigenvalue weighted by atomic mass is 35.5. The summed E-state index contributed by atoms with van der Waals surface area (Å²) in [6, 6.07) is 24.3. The maximum Gasteiger partial charge on any atom is 0.303 e. The molecule has 4 aromatic heterocycles. The molecule has 0 bridgehead atoms. The number of anilines is 4. The first-order chi connectivity index (χ1) is 29.5. The molecule has 17 heteroatoms. The van der Waals surface area contributed by atoms with Crippen LogP contribution in [0.3, 0.4) is 0 Å². The van der Waals surface area contributed by atoms with Crippen molar-refractivity contribution in [2.45, 2.75) is 25.7 Å². The van der Waals surface area contributed by atoms with E-state index in [0.29, 0.717) is 19.6 Å². The van der Waals surface area contributed by atoms with Crippen molar-refractivity contribution in [3.63, 3.8) is 0 Å². The Morgan fingerprint density at radius 1 is 0.714 bits per heavy atom. The van der Waals surface area contributed by atoms with Gasteiger partial charge in [0, 0.05) is 116 Å². The van der Waals surface area contributed by atoms with Crippen LogP contribution in [-0.2, 0) is 19.1 Å². The Morgan fingerprint density at radius 3 is 1.68 bits per heavy atom. The number of hydrogen-bond acceptors (Lipinski definition) is 11. The van der Waals surface area contributed by atoms with Gasteiger partial charge in [0.05, 0.1) is 37.8 Å². The number of nitrogens with two attached hydrogens (primary N) is 1. The largest absolute Gasteiger partial charge is 0.481 e. The number of aromatic nitrogens is 4. The molecule has 15 nitrogen and oxygen atoms in total. The number of carboxylic acids is 1. The van der Waals surface area contributed by atoms with Crippen LogP contribution in [0.1, 0.15) is 25.7 Å². The van der Waals surface area contributed by atoms with Crippen LogP contribution in [0.4, 0.5) is 23.0 Å². The second-order valence-corrected chi connectivity index (χ2v) is 15.7. The number of carbonyl (C=O) groups excluding carboxylic acids is 1. The van der Waals surface area contributed by atoms with Gasteiger partial charge in [0.2, 0.25) is 5.91 Å². The molecule has 0 spiro atoms. The van der Waals surface area contributed by atoms with Crippen LogP contribution in [0, 0.1) is 0 Å². The molecule has 6 heterocycles. The van der Waals surface area contributed by atoms with Gasteiger partial charge < -0.3 is 55.2 Å². The molecule has 2 fully saturated rings. The molecule has 2 aliphatic heterocycles. The summed E-state index contributed by atoms with van der Waals surface area (Å²) in [4.78, 5) is 47.3. The summed E-state index contributed by atoms with van der Waals surface area (Å²) in [6.45, 7) is 7.88. The monoisotopic (exact) mass is 879 g/mol. The molecule has 2 saturated heterocycles. The van der Waals surface area contributed by atoms with Crippen LogP contribution in [0.25, 0.3) is 44.3 Å². The molecule has 8 rings (SSSR count). The Hall–Kier alpha value is -5.65. The molecule has 3 radical (unpaired) electrons. The molecule has 2 aromatic carbocycles. The van der Waals surface area contributed by atoms with Gasteiger partial charge in [-0.25, -0.2) is 9.97 Å². The minimum atomic E-state index is -0.711. The van der Waals surface area contributed by atoms with Gasteiger partial charge in [-0.1, -0.05) is 24.3 Å². The number of pyridine rings is 2. The number of morpholine rings is 2. The van der Waals surface area contributed by atoms with Crippen molar-refractivity contribution in [1.82, 2.24) is 29.7 Å². The molecule has 63 heavy (non-hydrogen) atoms. The Kier molecular flexibility index (Phi) is 19.7. The zero-order valence-corrected chi connectivity index (χ0v) is 37.6. The number of nitrogens with zero attached hydrogens (tertiary/aromatic N) is 6. The summed E-state index contributed by atoms with van der Waals surface area (Å²) in [5.41, 5.74) is 13.7. The quantitative estimate of drug-likeness (QED) is 0.0802. The predicted octanol–water partition coefficient (Wildman–Crippen LogP) is 6.45. The lowest BCUT2D eigenvalue weighted by Crippen LogP contribution is -2.36. The summed E-state index contributed by atoms with van der Waals surface area (Å²) >= 11 is 0. The van der Waals surface area contributed by atoms with E-state index < -0.39 is 5.97 Å². The fourth-order valence-corrected chi connectivity index (χ4v) is 7.25. The maximum atomic E-state index is 12.5. The second kappa shape index (κ2) is 24.9. The van der Waals surface area contributed by atoms with Gasteiger partial charge in [-0.15, -0.1) is 12.4 Å². The molecule has 6 aromatic rings. The Balaban J connectivity index is 0.000000232. The Morgan fingerprint density at radius 2 is 1.19 bits per heavy atom. The van der Waals surface area contributed by atoms with Gasteiger partial charge >= 0.3 is 5.97 Å². The Labute approximate surface area is 378 Å². The fraction of sp³-hybridized carbons (Fsp3) is 0.391. The van der Waals surface area contributed by atoms with E-state index in [1.807, 2.05) is 81.9 Å². The molecule has 0 atom stereocenters. The zero-order valence-electron chi connectivity index (χ0n) is 36.8. The van der Waals surface area contributed by atoms with Crippen LogP contribution >= 0.6 is 12.4 Å². The number of rotatable bonds is 13. The number of halogens is 1. The van der Waals surface area contributed by atoms with Crippen molar-refractivity contribution in [3.05, 3.63) is 85.2 Å². The molecule has 6 N–H and O–H groups in total. The number of fused-ring (bicyclic) bond motifs is 2. The lowest BCUT2D eigenvalue weighted by molar-refractivity contribution is -0.137. The van der Waals surface area contributed by atoms with E-state index in [1.54, 1.807) is 0 Å². The van der Waals surface area contributed by atoms with Crippen LogP contribution in [0.5, 0.6) is 0 Å². The highest BCUT2D eigenvalue weighted by Crippen LogP contribution is 2.32. The van der Waals surface area contributed by atoms with E-state index in [-0.39, 0.29) is 33.1 Å². The molecule has 0 unspecified atom stereocenters. The lowest BCUT2D eigenvalue weighted by Gasteiger charge is -2.28. The summed E-state index contributed by atoms with van der Waals surface area (Å²) in [6.07, 6.45) is 6.23. The number of carboxylic acid groups (broad SMARTS) is 1. The number of aliphatic carboxylic acids is 1. The zero-order chi connectivity index (χ0) is 43.1. The number of amides is 1. The molecule has 0 aliphatic carbocycles. The average Bonchev–Trinajstić information content (AvgIpc) is 3.95. The maximum absolute atomic E-state index is 12.5. The van der Waals surface area contributed by atoms with Crippen molar-refractivity contribution >= 4 is 77.5 Å². The van der Waals surface area contributed by atoms with Gasteiger partial charge in [-0.2, -0.15) is 0 Å². The van der Waals surface area contributed by atoms with E-state index in [2.05, 4.69) is 66.4 Å². The van der Waals surface area contributed by atoms with Crippen molar-refractivity contribution in [3.8, 4) is 22.5 Å². The van der Waals surface area contributed by atoms with Crippen molar-refractivity contribution < 1.29 is 24.2 Å². The van der Waals surface area contributed by atoms with E-state index >= 15 is 0 Å². The van der Waals surface area contributed by atoms with E-state index in [0.717, 1.165) is 133 Å². The third-order valence-corrected chi connectivity index (χ3v) is 10.3. The van der Waals surface area contributed by atoms with Gasteiger partial charge in [0.25, 0.3) is 0 Å². The fourth-order valence-electron chi connectivity index (χ4n) is 7.25. The summed E-state index contributed by atoms with van der Waals surface area (Å²) in [7, 11) is 7.90. The molecular weight excluding hydrogens is 819 g/mol. The number of benzene rings is 2. The topological polar surface area (TPSA) is 181 Å². The lowest BCUT2D eigenvalue weighted by atomic mass is 10.1. The average molecular weight is 880 g/mol. The van der Waals surface area contributed by atoms with Crippen LogP contribution < -0.4 is 20.9 Å². The van der Waals surface area contributed by atoms with Crippen LogP contribution in [-0.4, -0.2) is 149 Å². The number of nitrogens with one attached hydrogen (secondary N) is 3. The smallest absolute Gasteiger partial charge is 0.303 e. The predicted molar refractivity (Wildman–Crippen MR) is 258 cm³/mol. The van der Waals surface area contributed by atoms with E-state index in [1.165, 1.54) is 0 Å². The summed E-state index contributed by atoms with van der Waals surface area (Å²) in [5.74, 6) is 1.11. The summed E-state index contributed by atoms with van der Waals surface area (Å²) in [5, 5.41) is 13.6. The normalized spacial score (nSPS) is 13.7. The van der Waals surface area contributed by atoms with Gasteiger partial charge in [0.15, 0.2) is 0 Å². The number of aromatic amines is 2. The molecule has 2 aliphatic rings. The van der Waals surface area contributed by atoms with Crippen molar-refractivity contribution in [2.24, 2.45) is 0 Å². The number of nitrogen functional groups attached to an aromatic ring is 1. The van der Waals surface area contributed by atoms with Gasteiger partial charge in [-0.3, -0.25) is 9.59 Å². The summed E-state index contributed by atoms with van der Waals surface area (Å²) < 4.78 is 10.9. The standard InChI is InChI=1S/C23H29N5O2.C17H18N4O.C6H13NO2.B.ClH/c1-27(2)10-4-7-23(29)25-17-15-21(18-5-3-6-20-19(18)8-9-24-20)26-22(16-17)28-11-13-30-14-12-28;18-12-10-16(13-2-1-3-15-14(13)4-5-19-15)20-17(11-12)21-6-8-22-9-7-21;1-7(2)5-3-4-6(8)9;;/h3,5-6,8-9,15-16,24H,4,7,10-14H2,1-2H3,(H,25,26,29);1-5,10-11,19H,6-9H2,(H2,18,20);3-5H2,1-2H3,(H,8,9);;1H. The van der Waals surface area contributed by atoms with E-state index in [9.17, 15) is 9.59 Å². The highest BCUT2D eigenvalue weighted by Gasteiger charge is 2.18. The first-order valence-electron chi connectivity index (χ1n) is 20.9. The minimum absolute atomic E-state index is 0. The highest BCUT2D eigenvalue weighted by molar-refractivity contribution is 5.97. The SMILES string of the molecule is CN(C)CCCC(=O)Nc1cc(-c2cccc3[nH]ccc23)nc(N2CCOCC2)c1.CN(C)CCCC(=O)O.Cl.Nc1cc(-c2cccc3[nH]ccc23)nc(N2CCOCC2)c1.[B]. The number of hydrogen-bond donors (Lipinski definition) is 5. The molecular formula is C46H61BClN10O5. The third kappa shape index (κ3) is 14.7. The molecule has 1 amide bonds. The Bertz CT molecular complexity index is 2340. The van der Waals surface area contributed by atoms with Gasteiger partial charge in [-0.05, 0) is 90.5 Å². The van der Waals surface area contributed by atoms with E-state index in [4.69, 9.17) is 30.3 Å². The van der Waals surface area contributed by atoms with Crippen molar-refractivity contribution in [1.29, 1.82) is 0 Å². The first-order valence-corrected chi connectivity index (χ1v) is 20.9.